The number of anilines is 1. The second-order valence-corrected chi connectivity index (χ2v) is 8.32. The Kier molecular flexibility index (Phi) is 5.87. The normalized spacial score (nSPS) is 18.2. The quantitative estimate of drug-likeness (QED) is 0.584. The average molecular weight is 455 g/mol. The minimum Gasteiger partial charge on any atom is -0.476 e. The molecule has 4 heterocycles. The Morgan fingerprint density at radius 1 is 1.16 bits per heavy atom. The van der Waals surface area contributed by atoms with Crippen LogP contribution in [0.2, 0.25) is 0 Å². The fourth-order valence-electron chi connectivity index (χ4n) is 3.80. The van der Waals surface area contributed by atoms with E-state index in [1.165, 1.54) is 0 Å². The van der Waals surface area contributed by atoms with Crippen molar-refractivity contribution in [1.82, 2.24) is 15.0 Å². The Labute approximate surface area is 188 Å². The van der Waals surface area contributed by atoms with Gasteiger partial charge in [0, 0.05) is 36.9 Å². The molecule has 1 saturated heterocycles. The van der Waals surface area contributed by atoms with Crippen molar-refractivity contribution in [2.45, 2.75) is 18.9 Å². The van der Waals surface area contributed by atoms with Gasteiger partial charge in [0.05, 0.1) is 25.4 Å². The molecule has 0 N–H and O–H groups in total. The predicted molar refractivity (Wildman–Crippen MR) is 117 cm³/mol. The predicted octanol–water partition coefficient (Wildman–Crippen LogP) is 2.38. The summed E-state index contributed by atoms with van der Waals surface area (Å²) >= 11 is 1.55. The van der Waals surface area contributed by atoms with Crippen molar-refractivity contribution in [3.8, 4) is 17.1 Å². The maximum atomic E-state index is 13.2. The van der Waals surface area contributed by atoms with Gasteiger partial charge in [0.1, 0.15) is 5.75 Å². The summed E-state index contributed by atoms with van der Waals surface area (Å²) in [6.45, 7) is 2.23. The number of carbonyl (C=O) groups excluding carboxylic acids is 2. The summed E-state index contributed by atoms with van der Waals surface area (Å²) in [5.41, 5.74) is 1.55. The van der Waals surface area contributed by atoms with Crippen molar-refractivity contribution in [3.05, 3.63) is 47.0 Å². The maximum absolute atomic E-state index is 13.2. The number of nitrogens with zero attached hydrogens (tertiary/aromatic N) is 4. The highest BCUT2D eigenvalue weighted by Gasteiger charge is 2.36. The monoisotopic (exact) mass is 454 g/mol. The summed E-state index contributed by atoms with van der Waals surface area (Å²) in [6.07, 6.45) is -0.254. The third-order valence-electron chi connectivity index (χ3n) is 5.47. The topological polar surface area (TPSA) is 98.0 Å². The number of benzene rings is 1. The lowest BCUT2D eigenvalue weighted by Gasteiger charge is -2.37. The number of rotatable bonds is 5. The van der Waals surface area contributed by atoms with Gasteiger partial charge in [0.2, 0.25) is 17.6 Å². The van der Waals surface area contributed by atoms with E-state index < -0.39 is 6.10 Å². The second-order valence-electron chi connectivity index (χ2n) is 7.54. The van der Waals surface area contributed by atoms with Crippen LogP contribution in [-0.4, -0.2) is 65.8 Å². The number of aromatic nitrogens is 2. The summed E-state index contributed by atoms with van der Waals surface area (Å²) in [6, 6.07) is 9.19. The zero-order valence-electron chi connectivity index (χ0n) is 17.3. The Hall–Kier alpha value is -3.24. The van der Waals surface area contributed by atoms with E-state index in [-0.39, 0.29) is 24.8 Å². The van der Waals surface area contributed by atoms with E-state index in [4.69, 9.17) is 14.0 Å². The summed E-state index contributed by atoms with van der Waals surface area (Å²) in [5.74, 6) is 1.19. The summed E-state index contributed by atoms with van der Waals surface area (Å²) in [5, 5.41) is 7.87. The fourth-order valence-corrected chi connectivity index (χ4v) is 4.44. The first-order valence-electron chi connectivity index (χ1n) is 10.5. The lowest BCUT2D eigenvalue weighted by Crippen LogP contribution is -2.54. The summed E-state index contributed by atoms with van der Waals surface area (Å²) in [4.78, 5) is 33.9. The Morgan fingerprint density at radius 2 is 2.00 bits per heavy atom. The highest BCUT2D eigenvalue weighted by atomic mass is 32.1. The molecule has 1 aromatic carbocycles. The van der Waals surface area contributed by atoms with Gasteiger partial charge < -0.3 is 23.8 Å². The van der Waals surface area contributed by atoms with E-state index in [9.17, 15) is 9.59 Å². The third kappa shape index (κ3) is 4.23. The number of hydrogen-bond acceptors (Lipinski definition) is 8. The molecule has 1 unspecified atom stereocenters. The van der Waals surface area contributed by atoms with Crippen LogP contribution in [0.4, 0.5) is 5.69 Å². The molecule has 5 rings (SSSR count). The first-order valence-corrected chi connectivity index (χ1v) is 11.4. The molecule has 0 saturated carbocycles. The SMILES string of the molecule is O=C(C1CN(C(=O)CCc2nc(-c3ccsc3)no2)c2ccccc2O1)N1CCOCC1. The molecule has 2 aromatic heterocycles. The van der Waals surface area contributed by atoms with Crippen LogP contribution in [0.5, 0.6) is 5.75 Å². The van der Waals surface area contributed by atoms with Crippen LogP contribution in [-0.2, 0) is 20.7 Å². The minimum atomic E-state index is -0.749. The number of para-hydroxylation sites is 2. The standard InChI is InChI=1S/C22H22N4O5S/c27-20(6-5-19-23-21(24-31-19)15-7-12-32-14-15)26-13-18(22(28)25-8-10-29-11-9-25)30-17-4-2-1-3-16(17)26/h1-4,7,12,14,18H,5-6,8-11,13H2. The van der Waals surface area contributed by atoms with Crippen LogP contribution in [0.25, 0.3) is 11.4 Å². The minimum absolute atomic E-state index is 0.127. The second kappa shape index (κ2) is 9.09. The van der Waals surface area contributed by atoms with Gasteiger partial charge >= 0.3 is 0 Å². The van der Waals surface area contributed by atoms with Gasteiger partial charge in [0.15, 0.2) is 6.10 Å². The molecular weight excluding hydrogens is 432 g/mol. The van der Waals surface area contributed by atoms with E-state index in [2.05, 4.69) is 10.1 Å². The highest BCUT2D eigenvalue weighted by Crippen LogP contribution is 2.34. The van der Waals surface area contributed by atoms with Gasteiger partial charge in [-0.1, -0.05) is 17.3 Å². The molecule has 0 radical (unpaired) electrons. The molecule has 2 aliphatic heterocycles. The number of aryl methyl sites for hydroxylation is 1. The van der Waals surface area contributed by atoms with E-state index in [1.54, 1.807) is 27.2 Å². The summed E-state index contributed by atoms with van der Waals surface area (Å²) < 4.78 is 16.6. The lowest BCUT2D eigenvalue weighted by molar-refractivity contribution is -0.142. The van der Waals surface area contributed by atoms with Crippen LogP contribution in [0, 0.1) is 0 Å². The maximum Gasteiger partial charge on any atom is 0.265 e. The molecule has 1 atom stereocenters. The van der Waals surface area contributed by atoms with Gasteiger partial charge in [-0.25, -0.2) is 0 Å². The molecule has 32 heavy (non-hydrogen) atoms. The van der Waals surface area contributed by atoms with Crippen LogP contribution in [0.1, 0.15) is 12.3 Å². The van der Waals surface area contributed by atoms with Gasteiger partial charge in [-0.3, -0.25) is 9.59 Å². The molecule has 9 nitrogen and oxygen atoms in total. The first kappa shape index (κ1) is 20.7. The largest absolute Gasteiger partial charge is 0.476 e. The fraction of sp³-hybridized carbons (Fsp3) is 0.364. The Morgan fingerprint density at radius 3 is 2.81 bits per heavy atom. The number of amides is 2. The zero-order valence-corrected chi connectivity index (χ0v) is 18.1. The van der Waals surface area contributed by atoms with E-state index in [0.29, 0.717) is 55.9 Å². The molecule has 0 spiro atoms. The number of fused-ring (bicyclic) bond motifs is 1. The van der Waals surface area contributed by atoms with Crippen LogP contribution >= 0.6 is 11.3 Å². The van der Waals surface area contributed by atoms with Gasteiger partial charge in [-0.2, -0.15) is 16.3 Å². The third-order valence-corrected chi connectivity index (χ3v) is 6.16. The molecule has 0 bridgehead atoms. The number of ether oxygens (including phenoxy) is 2. The number of thiophene rings is 1. The molecule has 1 fully saturated rings. The molecular formula is C22H22N4O5S. The molecule has 10 heteroatoms. The number of hydrogen-bond donors (Lipinski definition) is 0. The van der Waals surface area contributed by atoms with Crippen molar-refractivity contribution in [2.75, 3.05) is 37.7 Å². The Balaban J connectivity index is 1.29. The van der Waals surface area contributed by atoms with E-state index in [0.717, 1.165) is 5.56 Å². The van der Waals surface area contributed by atoms with Crippen molar-refractivity contribution in [3.63, 3.8) is 0 Å². The first-order chi connectivity index (χ1) is 15.7. The smallest absolute Gasteiger partial charge is 0.265 e. The zero-order chi connectivity index (χ0) is 21.9. The summed E-state index contributed by atoms with van der Waals surface area (Å²) in [7, 11) is 0. The molecule has 3 aromatic rings. The van der Waals surface area contributed by atoms with E-state index >= 15 is 0 Å². The number of morpholine rings is 1. The van der Waals surface area contributed by atoms with E-state index in [1.807, 2.05) is 35.0 Å². The Bertz CT molecular complexity index is 1090. The van der Waals surface area contributed by atoms with Crippen LogP contribution in [0.15, 0.2) is 45.6 Å². The van der Waals surface area contributed by atoms with Gasteiger partial charge in [0.25, 0.3) is 5.91 Å². The van der Waals surface area contributed by atoms with Gasteiger partial charge in [-0.15, -0.1) is 0 Å². The van der Waals surface area contributed by atoms with Crippen molar-refractivity contribution in [2.24, 2.45) is 0 Å². The number of carbonyl (C=O) groups is 2. The van der Waals surface area contributed by atoms with Crippen LogP contribution < -0.4 is 9.64 Å². The molecule has 0 aliphatic carbocycles. The van der Waals surface area contributed by atoms with Crippen molar-refractivity contribution in [1.29, 1.82) is 0 Å². The van der Waals surface area contributed by atoms with Crippen LogP contribution in [0.3, 0.4) is 0 Å². The van der Waals surface area contributed by atoms with Crippen molar-refractivity contribution >= 4 is 28.8 Å². The molecule has 166 valence electrons. The highest BCUT2D eigenvalue weighted by molar-refractivity contribution is 7.08. The lowest BCUT2D eigenvalue weighted by atomic mass is 10.1. The average Bonchev–Trinajstić information content (AvgIpc) is 3.54. The van der Waals surface area contributed by atoms with Gasteiger partial charge in [-0.05, 0) is 23.6 Å². The molecule has 2 aliphatic rings. The molecule has 2 amide bonds. The van der Waals surface area contributed by atoms with Crippen molar-refractivity contribution < 1.29 is 23.6 Å².